The molecule has 1 heterocycles. The van der Waals surface area contributed by atoms with Gasteiger partial charge in [-0.05, 0) is 35.9 Å². The summed E-state index contributed by atoms with van der Waals surface area (Å²) < 4.78 is 24.6. The first kappa shape index (κ1) is 18.6. The Morgan fingerprint density at radius 2 is 2.14 bits per heavy atom. The van der Waals surface area contributed by atoms with Gasteiger partial charge in [-0.15, -0.1) is 0 Å². The number of aliphatic hydroxyl groups is 1. The van der Waals surface area contributed by atoms with Crippen molar-refractivity contribution in [1.82, 2.24) is 10.2 Å². The molecule has 4 rings (SSSR count). The predicted octanol–water partition coefficient (Wildman–Crippen LogP) is 4.29. The van der Waals surface area contributed by atoms with E-state index < -0.39 is 5.82 Å². The molecule has 28 heavy (non-hydrogen) atoms. The van der Waals surface area contributed by atoms with Crippen LogP contribution in [0.3, 0.4) is 0 Å². The molecule has 0 atom stereocenters. The van der Waals surface area contributed by atoms with Crippen LogP contribution < -0.4 is 14.8 Å². The zero-order valence-corrected chi connectivity index (χ0v) is 15.9. The molecular formula is C20H19ClFN3O3. The minimum absolute atomic E-state index is 0.0508. The molecule has 0 radical (unpaired) electrons. The van der Waals surface area contributed by atoms with E-state index in [2.05, 4.69) is 15.5 Å². The van der Waals surface area contributed by atoms with Gasteiger partial charge in [0.1, 0.15) is 5.82 Å². The fraction of sp³-hybridized carbons (Fsp3) is 0.250. The number of benzene rings is 2. The lowest BCUT2D eigenvalue weighted by Crippen LogP contribution is -2.02. The van der Waals surface area contributed by atoms with E-state index in [0.717, 1.165) is 22.4 Å². The number of aromatic amines is 1. The average Bonchev–Trinajstić information content (AvgIpc) is 3.23. The van der Waals surface area contributed by atoms with E-state index in [9.17, 15) is 4.39 Å². The zero-order chi connectivity index (χ0) is 19.7. The van der Waals surface area contributed by atoms with Crippen molar-refractivity contribution in [3.05, 3.63) is 52.3 Å². The van der Waals surface area contributed by atoms with Crippen LogP contribution in [-0.2, 0) is 6.42 Å². The molecule has 0 fully saturated rings. The van der Waals surface area contributed by atoms with Gasteiger partial charge in [0, 0.05) is 36.3 Å². The van der Waals surface area contributed by atoms with Gasteiger partial charge in [-0.25, -0.2) is 4.39 Å². The average molecular weight is 404 g/mol. The fourth-order valence-electron chi connectivity index (χ4n) is 3.26. The van der Waals surface area contributed by atoms with Crippen LogP contribution in [0.2, 0.25) is 5.02 Å². The highest BCUT2D eigenvalue weighted by Gasteiger charge is 2.27. The molecule has 0 saturated heterocycles. The van der Waals surface area contributed by atoms with E-state index >= 15 is 0 Å². The molecule has 0 saturated carbocycles. The number of aromatic nitrogens is 2. The van der Waals surface area contributed by atoms with Crippen LogP contribution in [0.15, 0.2) is 30.3 Å². The lowest BCUT2D eigenvalue weighted by molar-refractivity contribution is 0.228. The molecule has 1 aliphatic rings. The molecule has 3 N–H and O–H groups in total. The van der Waals surface area contributed by atoms with Crippen molar-refractivity contribution in [2.45, 2.75) is 12.8 Å². The number of hydrogen-bond donors (Lipinski definition) is 3. The Kier molecular flexibility index (Phi) is 5.11. The van der Waals surface area contributed by atoms with Crippen molar-refractivity contribution in [1.29, 1.82) is 0 Å². The summed E-state index contributed by atoms with van der Waals surface area (Å²) in [5, 5.41) is 19.6. The van der Waals surface area contributed by atoms with Crippen molar-refractivity contribution in [2.24, 2.45) is 0 Å². The number of rotatable bonds is 7. The first-order valence-corrected chi connectivity index (χ1v) is 9.22. The summed E-state index contributed by atoms with van der Waals surface area (Å²) in [5.74, 6) is 1.47. The molecule has 6 nitrogen and oxygen atoms in total. The Bertz CT molecular complexity index is 1020. The van der Waals surface area contributed by atoms with E-state index in [0.29, 0.717) is 42.5 Å². The van der Waals surface area contributed by atoms with Gasteiger partial charge in [0.15, 0.2) is 17.3 Å². The third-order valence-electron chi connectivity index (χ3n) is 4.64. The zero-order valence-electron chi connectivity index (χ0n) is 15.2. The minimum atomic E-state index is -0.465. The van der Waals surface area contributed by atoms with E-state index in [1.807, 2.05) is 12.1 Å². The first-order chi connectivity index (χ1) is 13.6. The number of nitrogens with one attached hydrogen (secondary N) is 2. The molecular weight excluding hydrogens is 385 g/mol. The Hall–Kier alpha value is -2.77. The first-order valence-electron chi connectivity index (χ1n) is 8.85. The second-order valence-corrected chi connectivity index (χ2v) is 6.85. The largest absolute Gasteiger partial charge is 0.493 e. The Morgan fingerprint density at radius 3 is 2.89 bits per heavy atom. The molecule has 0 aliphatic heterocycles. The molecule has 146 valence electrons. The minimum Gasteiger partial charge on any atom is -0.493 e. The smallest absolute Gasteiger partial charge is 0.161 e. The number of H-pyrrole nitrogens is 1. The summed E-state index contributed by atoms with van der Waals surface area (Å²) in [6.45, 7) is 0.489. The summed E-state index contributed by atoms with van der Waals surface area (Å²) in [6, 6.07) is 8.33. The molecule has 0 amide bonds. The van der Waals surface area contributed by atoms with Crippen molar-refractivity contribution in [3.63, 3.8) is 0 Å². The van der Waals surface area contributed by atoms with Crippen molar-refractivity contribution in [2.75, 3.05) is 25.6 Å². The summed E-state index contributed by atoms with van der Waals surface area (Å²) in [4.78, 5) is 0. The number of anilines is 2. The number of nitrogens with zero attached hydrogens (tertiary/aromatic N) is 1. The summed E-state index contributed by atoms with van der Waals surface area (Å²) in [7, 11) is 1.59. The maximum atomic E-state index is 13.4. The second-order valence-electron chi connectivity index (χ2n) is 6.44. The molecule has 0 unspecified atom stereocenters. The van der Waals surface area contributed by atoms with Crippen LogP contribution in [0, 0.1) is 5.82 Å². The maximum absolute atomic E-state index is 13.4. The lowest BCUT2D eigenvalue weighted by Gasteiger charge is -2.12. The monoisotopic (exact) mass is 403 g/mol. The Morgan fingerprint density at radius 1 is 1.29 bits per heavy atom. The van der Waals surface area contributed by atoms with Gasteiger partial charge in [-0.3, -0.25) is 5.10 Å². The van der Waals surface area contributed by atoms with Gasteiger partial charge in [0.25, 0.3) is 0 Å². The highest BCUT2D eigenvalue weighted by atomic mass is 35.5. The van der Waals surface area contributed by atoms with Crippen LogP contribution in [-0.4, -0.2) is 35.6 Å². The highest BCUT2D eigenvalue weighted by Crippen LogP contribution is 2.44. The molecule has 8 heteroatoms. The van der Waals surface area contributed by atoms with E-state index in [1.54, 1.807) is 13.2 Å². The van der Waals surface area contributed by atoms with Gasteiger partial charge < -0.3 is 19.9 Å². The van der Waals surface area contributed by atoms with Crippen LogP contribution in [0.1, 0.15) is 17.5 Å². The van der Waals surface area contributed by atoms with E-state index in [4.69, 9.17) is 26.2 Å². The van der Waals surface area contributed by atoms with Gasteiger partial charge >= 0.3 is 0 Å². The standard InChI is InChI=1S/C20H19ClFN3O3/c1-27-17-10-13-11(8-18(17)28-6-2-5-26)7-14-19(13)24-25-20(14)23-12-3-4-16(22)15(21)9-12/h3-4,8-10,26H,2,5-7H2,1H3,(H2,23,24,25). The quantitative estimate of drug-likeness (QED) is 0.401. The Labute approximate surface area is 166 Å². The van der Waals surface area contributed by atoms with E-state index in [1.165, 1.54) is 12.1 Å². The van der Waals surface area contributed by atoms with Crippen molar-refractivity contribution < 1.29 is 19.0 Å². The van der Waals surface area contributed by atoms with Crippen molar-refractivity contribution in [3.8, 4) is 22.8 Å². The SMILES string of the molecule is COc1cc2c(cc1OCCCO)Cc1c(Nc3ccc(F)c(Cl)c3)n[nH]c1-2. The number of hydrogen-bond acceptors (Lipinski definition) is 5. The molecule has 1 aromatic heterocycles. The summed E-state index contributed by atoms with van der Waals surface area (Å²) >= 11 is 5.86. The third kappa shape index (κ3) is 3.39. The normalized spacial score (nSPS) is 11.9. The summed E-state index contributed by atoms with van der Waals surface area (Å²) in [5.41, 5.74) is 4.65. The number of fused-ring (bicyclic) bond motifs is 3. The fourth-order valence-corrected chi connectivity index (χ4v) is 3.45. The van der Waals surface area contributed by atoms with E-state index in [-0.39, 0.29) is 11.6 Å². The highest BCUT2D eigenvalue weighted by molar-refractivity contribution is 6.31. The van der Waals surface area contributed by atoms with Crippen LogP contribution in [0.4, 0.5) is 15.9 Å². The predicted molar refractivity (Wildman–Crippen MR) is 105 cm³/mol. The number of halogens is 2. The molecule has 0 spiro atoms. The molecule has 2 aromatic carbocycles. The summed E-state index contributed by atoms with van der Waals surface area (Å²) in [6.07, 6.45) is 1.22. The molecule has 3 aromatic rings. The van der Waals surface area contributed by atoms with Gasteiger partial charge in [-0.1, -0.05) is 11.6 Å². The Balaban J connectivity index is 1.61. The van der Waals surface area contributed by atoms with Crippen LogP contribution in [0.5, 0.6) is 11.5 Å². The molecule has 1 aliphatic carbocycles. The number of aliphatic hydroxyl groups excluding tert-OH is 1. The van der Waals surface area contributed by atoms with Gasteiger partial charge in [0.05, 0.1) is 24.4 Å². The number of methoxy groups -OCH3 is 1. The van der Waals surface area contributed by atoms with Crippen LogP contribution >= 0.6 is 11.6 Å². The third-order valence-corrected chi connectivity index (χ3v) is 4.93. The topological polar surface area (TPSA) is 79.4 Å². The van der Waals surface area contributed by atoms with Crippen LogP contribution in [0.25, 0.3) is 11.3 Å². The number of ether oxygens (including phenoxy) is 2. The van der Waals surface area contributed by atoms with Crippen molar-refractivity contribution >= 4 is 23.1 Å². The van der Waals surface area contributed by atoms with Gasteiger partial charge in [-0.2, -0.15) is 5.10 Å². The second kappa shape index (κ2) is 7.69. The molecule has 0 bridgehead atoms. The maximum Gasteiger partial charge on any atom is 0.161 e. The van der Waals surface area contributed by atoms with Gasteiger partial charge in [0.2, 0.25) is 0 Å². The lowest BCUT2D eigenvalue weighted by atomic mass is 10.1.